The van der Waals surface area contributed by atoms with Crippen LogP contribution < -0.4 is 9.64 Å². The van der Waals surface area contributed by atoms with Crippen molar-refractivity contribution in [2.45, 2.75) is 0 Å². The summed E-state index contributed by atoms with van der Waals surface area (Å²) in [6.07, 6.45) is 1.71. The third-order valence-corrected chi connectivity index (χ3v) is 5.63. The van der Waals surface area contributed by atoms with E-state index >= 15 is 0 Å². The summed E-state index contributed by atoms with van der Waals surface area (Å²) in [5.41, 5.74) is 2.12. The SMILES string of the molecule is COc1cc(/C=C2\SC(=Nc3ccccc3)N(c3ccccc3)C2=O)cc(Cl)c1O. The number of ether oxygens (including phenoxy) is 1. The number of anilines is 1. The van der Waals surface area contributed by atoms with Gasteiger partial charge in [-0.25, -0.2) is 4.99 Å². The van der Waals surface area contributed by atoms with Crippen molar-refractivity contribution in [3.8, 4) is 11.5 Å². The van der Waals surface area contributed by atoms with E-state index in [0.29, 0.717) is 15.6 Å². The van der Waals surface area contributed by atoms with Gasteiger partial charge in [0.15, 0.2) is 16.7 Å². The summed E-state index contributed by atoms with van der Waals surface area (Å²) in [7, 11) is 1.44. The predicted octanol–water partition coefficient (Wildman–Crippen LogP) is 5.86. The Bertz CT molecular complexity index is 1150. The largest absolute Gasteiger partial charge is 0.503 e. The first-order valence-electron chi connectivity index (χ1n) is 9.06. The number of aliphatic imine (C=N–C) groups is 1. The summed E-state index contributed by atoms with van der Waals surface area (Å²) >= 11 is 7.37. The van der Waals surface area contributed by atoms with E-state index in [2.05, 4.69) is 4.99 Å². The molecular formula is C23H17ClN2O3S. The minimum atomic E-state index is -0.191. The number of phenolic OH excluding ortho intramolecular Hbond substituents is 1. The Labute approximate surface area is 183 Å². The van der Waals surface area contributed by atoms with Gasteiger partial charge in [0.2, 0.25) is 0 Å². The maximum atomic E-state index is 13.3. The molecule has 0 radical (unpaired) electrons. The lowest BCUT2D eigenvalue weighted by Crippen LogP contribution is -2.28. The van der Waals surface area contributed by atoms with Crippen LogP contribution in [0.3, 0.4) is 0 Å². The van der Waals surface area contributed by atoms with Crippen LogP contribution in [0.25, 0.3) is 6.08 Å². The number of halogens is 1. The first kappa shape index (κ1) is 20.1. The van der Waals surface area contributed by atoms with E-state index in [9.17, 15) is 9.90 Å². The molecule has 7 heteroatoms. The molecule has 1 fully saturated rings. The third-order valence-electron chi connectivity index (χ3n) is 4.37. The lowest BCUT2D eigenvalue weighted by molar-refractivity contribution is -0.113. The number of hydrogen-bond donors (Lipinski definition) is 1. The van der Waals surface area contributed by atoms with Crippen LogP contribution in [0.5, 0.6) is 11.5 Å². The maximum Gasteiger partial charge on any atom is 0.271 e. The van der Waals surface area contributed by atoms with Gasteiger partial charge in [0, 0.05) is 0 Å². The van der Waals surface area contributed by atoms with Gasteiger partial charge in [0.25, 0.3) is 5.91 Å². The summed E-state index contributed by atoms with van der Waals surface area (Å²) in [5.74, 6) is -0.0871. The molecule has 3 aromatic carbocycles. The number of nitrogens with zero attached hydrogens (tertiary/aromatic N) is 2. The molecule has 1 amide bonds. The van der Waals surface area contributed by atoms with E-state index in [4.69, 9.17) is 16.3 Å². The van der Waals surface area contributed by atoms with Crippen molar-refractivity contribution in [3.05, 3.63) is 88.3 Å². The molecule has 30 heavy (non-hydrogen) atoms. The number of amidine groups is 1. The van der Waals surface area contributed by atoms with E-state index in [-0.39, 0.29) is 22.4 Å². The second-order valence-electron chi connectivity index (χ2n) is 6.37. The summed E-state index contributed by atoms with van der Waals surface area (Å²) < 4.78 is 5.16. The molecule has 1 N–H and O–H groups in total. The molecule has 1 aliphatic heterocycles. The van der Waals surface area contributed by atoms with Gasteiger partial charge in [-0.2, -0.15) is 0 Å². The number of carbonyl (C=O) groups is 1. The predicted molar refractivity (Wildman–Crippen MR) is 123 cm³/mol. The Morgan fingerprint density at radius 1 is 1.07 bits per heavy atom. The van der Waals surface area contributed by atoms with Crippen LogP contribution in [0.1, 0.15) is 5.56 Å². The highest BCUT2D eigenvalue weighted by molar-refractivity contribution is 8.19. The summed E-state index contributed by atoms with van der Waals surface area (Å²) in [6, 6.07) is 22.1. The highest BCUT2D eigenvalue weighted by Crippen LogP contribution is 2.39. The Morgan fingerprint density at radius 2 is 1.73 bits per heavy atom. The van der Waals surface area contributed by atoms with Crippen molar-refractivity contribution in [2.75, 3.05) is 12.0 Å². The molecule has 4 rings (SSSR count). The number of benzene rings is 3. The van der Waals surface area contributed by atoms with Crippen LogP contribution in [-0.2, 0) is 4.79 Å². The van der Waals surface area contributed by atoms with Gasteiger partial charge in [0.05, 0.1) is 28.4 Å². The van der Waals surface area contributed by atoms with Gasteiger partial charge in [-0.15, -0.1) is 0 Å². The number of thioether (sulfide) groups is 1. The third kappa shape index (κ3) is 4.06. The molecule has 1 heterocycles. The summed E-state index contributed by atoms with van der Waals surface area (Å²) in [5, 5.41) is 10.7. The van der Waals surface area contributed by atoms with E-state index in [1.807, 2.05) is 60.7 Å². The van der Waals surface area contributed by atoms with Gasteiger partial charge in [-0.1, -0.05) is 48.0 Å². The standard InChI is InChI=1S/C23H17ClN2O3S/c1-29-19-13-15(12-18(24)21(19)27)14-20-22(28)26(17-10-6-3-7-11-17)23(30-20)25-16-8-4-2-5-9-16/h2-14,27H,1H3/b20-14-,25-23?. The van der Waals surface area contributed by atoms with Crippen LogP contribution in [0, 0.1) is 0 Å². The number of rotatable bonds is 4. The lowest BCUT2D eigenvalue weighted by atomic mass is 10.1. The molecule has 0 bridgehead atoms. The van der Waals surface area contributed by atoms with Crippen LogP contribution in [-0.4, -0.2) is 23.3 Å². The second-order valence-corrected chi connectivity index (χ2v) is 7.79. The highest BCUT2D eigenvalue weighted by Gasteiger charge is 2.34. The summed E-state index contributed by atoms with van der Waals surface area (Å²) in [6.45, 7) is 0. The number of amides is 1. The minimum absolute atomic E-state index is 0.135. The van der Waals surface area contributed by atoms with Gasteiger partial charge in [-0.3, -0.25) is 9.69 Å². The molecule has 5 nitrogen and oxygen atoms in total. The topological polar surface area (TPSA) is 62.1 Å². The van der Waals surface area contributed by atoms with Crippen molar-refractivity contribution >= 4 is 51.9 Å². The smallest absolute Gasteiger partial charge is 0.271 e. The van der Waals surface area contributed by atoms with E-state index in [1.54, 1.807) is 23.1 Å². The van der Waals surface area contributed by atoms with E-state index in [1.165, 1.54) is 18.9 Å². The zero-order chi connectivity index (χ0) is 21.1. The monoisotopic (exact) mass is 436 g/mol. The van der Waals surface area contributed by atoms with Crippen molar-refractivity contribution < 1.29 is 14.6 Å². The first-order chi connectivity index (χ1) is 14.6. The fourth-order valence-corrected chi connectivity index (χ4v) is 4.17. The molecule has 0 spiro atoms. The molecule has 0 saturated carbocycles. The molecule has 0 atom stereocenters. The first-order valence-corrected chi connectivity index (χ1v) is 10.3. The number of hydrogen-bond acceptors (Lipinski definition) is 5. The zero-order valence-corrected chi connectivity index (χ0v) is 17.5. The maximum absolute atomic E-state index is 13.3. The van der Waals surface area contributed by atoms with Gasteiger partial charge in [-0.05, 0) is 59.8 Å². The Balaban J connectivity index is 1.78. The Morgan fingerprint density at radius 3 is 2.40 bits per heavy atom. The number of carbonyl (C=O) groups excluding carboxylic acids is 1. The molecule has 0 aliphatic carbocycles. The van der Waals surface area contributed by atoms with Gasteiger partial charge >= 0.3 is 0 Å². The number of methoxy groups -OCH3 is 1. The van der Waals surface area contributed by atoms with Crippen LogP contribution >= 0.6 is 23.4 Å². The van der Waals surface area contributed by atoms with E-state index < -0.39 is 0 Å². The average Bonchev–Trinajstić information content (AvgIpc) is 3.06. The molecule has 1 aliphatic rings. The molecule has 1 saturated heterocycles. The van der Waals surface area contributed by atoms with Crippen molar-refractivity contribution in [2.24, 2.45) is 4.99 Å². The van der Waals surface area contributed by atoms with Crippen LogP contribution in [0.2, 0.25) is 5.02 Å². The van der Waals surface area contributed by atoms with Crippen molar-refractivity contribution in [1.29, 1.82) is 0 Å². The van der Waals surface area contributed by atoms with Crippen LogP contribution in [0.15, 0.2) is 82.7 Å². The van der Waals surface area contributed by atoms with E-state index in [0.717, 1.165) is 11.4 Å². The zero-order valence-electron chi connectivity index (χ0n) is 15.9. The summed E-state index contributed by atoms with van der Waals surface area (Å²) in [4.78, 5) is 20.0. The van der Waals surface area contributed by atoms with Gasteiger partial charge in [0.1, 0.15) is 0 Å². The molecule has 3 aromatic rings. The van der Waals surface area contributed by atoms with Crippen LogP contribution in [0.4, 0.5) is 11.4 Å². The fourth-order valence-electron chi connectivity index (χ4n) is 2.95. The second kappa shape index (κ2) is 8.65. The average molecular weight is 437 g/mol. The highest BCUT2D eigenvalue weighted by atomic mass is 35.5. The number of aromatic hydroxyl groups is 1. The molecule has 150 valence electrons. The number of phenols is 1. The van der Waals surface area contributed by atoms with Crippen molar-refractivity contribution in [1.82, 2.24) is 0 Å². The van der Waals surface area contributed by atoms with Gasteiger partial charge < -0.3 is 9.84 Å². The Kier molecular flexibility index (Phi) is 5.79. The fraction of sp³-hybridized carbons (Fsp3) is 0.0435. The molecule has 0 unspecified atom stereocenters. The quantitative estimate of drug-likeness (QED) is 0.520. The lowest BCUT2D eigenvalue weighted by Gasteiger charge is -2.15. The van der Waals surface area contributed by atoms with Crippen molar-refractivity contribution in [3.63, 3.8) is 0 Å². The molecular weight excluding hydrogens is 420 g/mol. The molecule has 0 aromatic heterocycles. The minimum Gasteiger partial charge on any atom is -0.503 e. The number of para-hydroxylation sites is 2. The normalized spacial score (nSPS) is 16.5. The Hall–Kier alpha value is -3.22.